The Bertz CT molecular complexity index is 810. The highest BCUT2D eigenvalue weighted by molar-refractivity contribution is 7.92. The van der Waals surface area contributed by atoms with Crippen molar-refractivity contribution in [2.75, 3.05) is 10.5 Å². The molecule has 0 saturated carbocycles. The summed E-state index contributed by atoms with van der Waals surface area (Å²) in [5, 5.41) is 0.261. The summed E-state index contributed by atoms with van der Waals surface area (Å²) >= 11 is 11.7. The summed E-state index contributed by atoms with van der Waals surface area (Å²) in [7, 11) is -3.99. The molecule has 0 spiro atoms. The average molecular weight is 349 g/mol. The maximum absolute atomic E-state index is 13.2. The number of benzene rings is 2. The maximum Gasteiger partial charge on any atom is 0.262 e. The fraction of sp³-hybridized carbons (Fsp3) is 0.0769. The van der Waals surface area contributed by atoms with E-state index in [0.717, 1.165) is 12.1 Å². The van der Waals surface area contributed by atoms with E-state index >= 15 is 0 Å². The number of hydrogen-bond acceptors (Lipinski definition) is 3. The largest absolute Gasteiger partial charge is 0.398 e. The van der Waals surface area contributed by atoms with Crippen molar-refractivity contribution >= 4 is 44.6 Å². The molecule has 0 bridgehead atoms. The molecule has 0 aliphatic heterocycles. The van der Waals surface area contributed by atoms with Crippen molar-refractivity contribution in [2.24, 2.45) is 0 Å². The molecule has 0 saturated heterocycles. The molecule has 8 heteroatoms. The molecule has 3 N–H and O–H groups in total. The molecule has 0 aromatic heterocycles. The van der Waals surface area contributed by atoms with Gasteiger partial charge in [-0.15, -0.1) is 0 Å². The molecule has 2 aromatic rings. The summed E-state index contributed by atoms with van der Waals surface area (Å²) in [5.41, 5.74) is 6.23. The van der Waals surface area contributed by atoms with Crippen molar-refractivity contribution in [3.05, 3.63) is 51.8 Å². The summed E-state index contributed by atoms with van der Waals surface area (Å²) in [4.78, 5) is -0.0900. The van der Waals surface area contributed by atoms with Crippen molar-refractivity contribution in [3.63, 3.8) is 0 Å². The lowest BCUT2D eigenvalue weighted by Crippen LogP contribution is -2.15. The molecule has 0 unspecified atom stereocenters. The van der Waals surface area contributed by atoms with Crippen LogP contribution in [0.3, 0.4) is 0 Å². The van der Waals surface area contributed by atoms with Gasteiger partial charge in [0, 0.05) is 10.7 Å². The second-order valence-electron chi connectivity index (χ2n) is 4.35. The molecule has 0 heterocycles. The molecule has 21 heavy (non-hydrogen) atoms. The van der Waals surface area contributed by atoms with E-state index in [1.165, 1.54) is 18.2 Å². The SMILES string of the molecule is Cc1c(N)cc(Cl)cc1S(=O)(=O)Nc1cc(F)ccc1Cl. The zero-order chi connectivity index (χ0) is 15.8. The minimum atomic E-state index is -3.99. The Morgan fingerprint density at radius 2 is 1.86 bits per heavy atom. The first-order valence-electron chi connectivity index (χ1n) is 5.74. The van der Waals surface area contributed by atoms with E-state index in [0.29, 0.717) is 5.56 Å². The van der Waals surface area contributed by atoms with Crippen LogP contribution in [0.15, 0.2) is 35.2 Å². The van der Waals surface area contributed by atoms with Crippen LogP contribution in [0.1, 0.15) is 5.56 Å². The Labute approximate surface area is 131 Å². The number of sulfonamides is 1. The van der Waals surface area contributed by atoms with Gasteiger partial charge in [0.2, 0.25) is 0 Å². The second-order valence-corrected chi connectivity index (χ2v) is 6.84. The zero-order valence-corrected chi connectivity index (χ0v) is 13.2. The van der Waals surface area contributed by atoms with Crippen LogP contribution in [0, 0.1) is 12.7 Å². The van der Waals surface area contributed by atoms with Gasteiger partial charge in [0.25, 0.3) is 10.0 Å². The lowest BCUT2D eigenvalue weighted by atomic mass is 10.2. The van der Waals surface area contributed by atoms with Crippen molar-refractivity contribution in [1.29, 1.82) is 0 Å². The topological polar surface area (TPSA) is 72.2 Å². The number of rotatable bonds is 3. The number of nitrogens with one attached hydrogen (secondary N) is 1. The van der Waals surface area contributed by atoms with E-state index in [2.05, 4.69) is 4.72 Å². The van der Waals surface area contributed by atoms with Crippen molar-refractivity contribution in [3.8, 4) is 0 Å². The average Bonchev–Trinajstić information content (AvgIpc) is 2.37. The van der Waals surface area contributed by atoms with E-state index in [4.69, 9.17) is 28.9 Å². The maximum atomic E-state index is 13.2. The third-order valence-corrected chi connectivity index (χ3v) is 4.87. The third-order valence-electron chi connectivity index (χ3n) is 2.83. The van der Waals surface area contributed by atoms with E-state index in [9.17, 15) is 12.8 Å². The Balaban J connectivity index is 2.51. The molecule has 112 valence electrons. The molecule has 0 amide bonds. The predicted octanol–water partition coefficient (Wildman–Crippen LogP) is 3.82. The molecule has 0 atom stereocenters. The van der Waals surface area contributed by atoms with E-state index in [1.807, 2.05) is 0 Å². The molecule has 2 aromatic carbocycles. The molecular weight excluding hydrogens is 338 g/mol. The first-order chi connectivity index (χ1) is 9.70. The van der Waals surface area contributed by atoms with Gasteiger partial charge < -0.3 is 5.73 Å². The van der Waals surface area contributed by atoms with Gasteiger partial charge >= 0.3 is 0 Å². The summed E-state index contributed by atoms with van der Waals surface area (Å²) in [5.74, 6) is -0.612. The number of hydrogen-bond donors (Lipinski definition) is 2. The van der Waals surface area contributed by atoms with Gasteiger partial charge in [-0.05, 0) is 42.8 Å². The normalized spacial score (nSPS) is 11.4. The quantitative estimate of drug-likeness (QED) is 0.828. The van der Waals surface area contributed by atoms with E-state index in [1.54, 1.807) is 6.92 Å². The Kier molecular flexibility index (Phi) is 4.32. The lowest BCUT2D eigenvalue weighted by molar-refractivity contribution is 0.600. The predicted molar refractivity (Wildman–Crippen MR) is 82.8 cm³/mol. The van der Waals surface area contributed by atoms with Gasteiger partial charge in [-0.25, -0.2) is 12.8 Å². The van der Waals surface area contributed by atoms with E-state index < -0.39 is 15.8 Å². The summed E-state index contributed by atoms with van der Waals surface area (Å²) < 4.78 is 40.2. The fourth-order valence-corrected chi connectivity index (χ4v) is 3.61. The molecule has 0 aliphatic rings. The fourth-order valence-electron chi connectivity index (χ4n) is 1.73. The number of nitrogen functional groups attached to an aromatic ring is 1. The molecular formula is C13H11Cl2FN2O2S. The number of nitrogens with two attached hydrogens (primary N) is 1. The molecule has 0 radical (unpaired) electrons. The molecule has 0 fully saturated rings. The summed E-state index contributed by atoms with van der Waals surface area (Å²) in [6.07, 6.45) is 0. The highest BCUT2D eigenvalue weighted by Crippen LogP contribution is 2.30. The minimum Gasteiger partial charge on any atom is -0.398 e. The monoisotopic (exact) mass is 348 g/mol. The van der Waals surface area contributed by atoms with Crippen LogP contribution in [0.5, 0.6) is 0 Å². The van der Waals surface area contributed by atoms with Crippen LogP contribution in [-0.4, -0.2) is 8.42 Å². The molecule has 0 aliphatic carbocycles. The molecule has 4 nitrogen and oxygen atoms in total. The van der Waals surface area contributed by atoms with Gasteiger partial charge in [-0.3, -0.25) is 4.72 Å². The lowest BCUT2D eigenvalue weighted by Gasteiger charge is -2.13. The van der Waals surface area contributed by atoms with Crippen molar-refractivity contribution < 1.29 is 12.8 Å². The van der Waals surface area contributed by atoms with Gasteiger partial charge in [0.15, 0.2) is 0 Å². The summed E-state index contributed by atoms with van der Waals surface area (Å²) in [6.45, 7) is 1.55. The first kappa shape index (κ1) is 15.9. The van der Waals surface area contributed by atoms with Gasteiger partial charge in [0.05, 0.1) is 15.6 Å². The second kappa shape index (κ2) is 5.71. The Morgan fingerprint density at radius 1 is 1.19 bits per heavy atom. The standard InChI is InChI=1S/C13H11Cl2FN2O2S/c1-7-11(17)4-8(14)5-13(7)21(19,20)18-12-6-9(16)2-3-10(12)15/h2-6,18H,17H2,1H3. The van der Waals surface area contributed by atoms with Gasteiger partial charge in [-0.1, -0.05) is 23.2 Å². The third kappa shape index (κ3) is 3.40. The van der Waals surface area contributed by atoms with Crippen LogP contribution in [-0.2, 0) is 10.0 Å². The summed E-state index contributed by atoms with van der Waals surface area (Å²) in [6, 6.07) is 6.09. The number of halogens is 3. The first-order valence-corrected chi connectivity index (χ1v) is 7.98. The van der Waals surface area contributed by atoms with Crippen molar-refractivity contribution in [2.45, 2.75) is 11.8 Å². The van der Waals surface area contributed by atoms with Gasteiger partial charge in [0.1, 0.15) is 5.82 Å². The van der Waals surface area contributed by atoms with E-state index in [-0.39, 0.29) is 26.3 Å². The zero-order valence-electron chi connectivity index (χ0n) is 10.8. The minimum absolute atomic E-state index is 0.0605. The van der Waals surface area contributed by atoms with Crippen molar-refractivity contribution in [1.82, 2.24) is 0 Å². The highest BCUT2D eigenvalue weighted by atomic mass is 35.5. The van der Waals surface area contributed by atoms with Crippen LogP contribution >= 0.6 is 23.2 Å². The number of anilines is 2. The van der Waals surface area contributed by atoms with Crippen LogP contribution in [0.25, 0.3) is 0 Å². The van der Waals surface area contributed by atoms with Gasteiger partial charge in [-0.2, -0.15) is 0 Å². The van der Waals surface area contributed by atoms with Crippen LogP contribution < -0.4 is 10.5 Å². The van der Waals surface area contributed by atoms with Crippen LogP contribution in [0.4, 0.5) is 15.8 Å². The molecule has 2 rings (SSSR count). The Hall–Kier alpha value is -1.50. The Morgan fingerprint density at radius 3 is 2.52 bits per heavy atom. The smallest absolute Gasteiger partial charge is 0.262 e. The van der Waals surface area contributed by atoms with Crippen LogP contribution in [0.2, 0.25) is 10.0 Å². The highest BCUT2D eigenvalue weighted by Gasteiger charge is 2.20.